The summed E-state index contributed by atoms with van der Waals surface area (Å²) in [5, 5.41) is 9.12. The van der Waals surface area contributed by atoms with Gasteiger partial charge in [0, 0.05) is 23.9 Å². The lowest BCUT2D eigenvalue weighted by molar-refractivity contribution is 0.0951. The lowest BCUT2D eigenvalue weighted by Crippen LogP contribution is -2.22. The number of rotatable bonds is 3. The minimum absolute atomic E-state index is 0.257. The molecule has 0 radical (unpaired) electrons. The van der Waals surface area contributed by atoms with Gasteiger partial charge >= 0.3 is 0 Å². The third-order valence-electron chi connectivity index (χ3n) is 2.19. The molecule has 4 nitrogen and oxygen atoms in total. The highest BCUT2D eigenvalue weighted by atomic mass is 79.9. The minimum Gasteiger partial charge on any atom is -0.348 e. The number of amides is 1. The van der Waals surface area contributed by atoms with E-state index in [2.05, 4.69) is 31.4 Å². The molecule has 1 amide bonds. The Balaban J connectivity index is 2.02. The molecule has 0 fully saturated rings. The van der Waals surface area contributed by atoms with Crippen molar-refractivity contribution in [3.05, 3.63) is 52.0 Å². The first-order valence-corrected chi connectivity index (χ1v) is 5.67. The topological polar surface area (TPSA) is 57.8 Å². The molecular weight excluding hydrogens is 289 g/mol. The predicted molar refractivity (Wildman–Crippen MR) is 63.9 cm³/mol. The third kappa shape index (κ3) is 2.91. The summed E-state index contributed by atoms with van der Waals surface area (Å²) in [5.74, 6) is -0.650. The van der Waals surface area contributed by atoms with Gasteiger partial charge in [0.25, 0.3) is 5.91 Å². The van der Waals surface area contributed by atoms with Crippen molar-refractivity contribution in [1.82, 2.24) is 15.5 Å². The van der Waals surface area contributed by atoms with E-state index in [9.17, 15) is 9.18 Å². The second kappa shape index (κ2) is 5.09. The molecule has 0 unspecified atom stereocenters. The maximum Gasteiger partial charge on any atom is 0.251 e. The Labute approximate surface area is 105 Å². The van der Waals surface area contributed by atoms with E-state index in [-0.39, 0.29) is 10.4 Å². The van der Waals surface area contributed by atoms with Crippen molar-refractivity contribution in [2.75, 3.05) is 0 Å². The number of H-pyrrole nitrogens is 1. The van der Waals surface area contributed by atoms with Crippen LogP contribution in [0.4, 0.5) is 4.39 Å². The molecule has 0 saturated heterocycles. The van der Waals surface area contributed by atoms with Crippen LogP contribution in [0.3, 0.4) is 0 Å². The standard InChI is InChI=1S/C11H9BrFN3O/c12-9-3-8(1-2-10(9)13)11(17)14-4-7-5-15-16-6-7/h1-3,5-6H,4H2,(H,14,17)(H,15,16). The summed E-state index contributed by atoms with van der Waals surface area (Å²) in [6, 6.07) is 4.13. The lowest BCUT2D eigenvalue weighted by atomic mass is 10.2. The number of nitrogens with zero attached hydrogens (tertiary/aromatic N) is 1. The highest BCUT2D eigenvalue weighted by Crippen LogP contribution is 2.16. The number of aromatic nitrogens is 2. The molecule has 0 spiro atoms. The maximum absolute atomic E-state index is 13.0. The Bertz CT molecular complexity index is 528. The van der Waals surface area contributed by atoms with Crippen LogP contribution in [0.1, 0.15) is 15.9 Å². The predicted octanol–water partition coefficient (Wildman–Crippen LogP) is 2.24. The first-order chi connectivity index (χ1) is 8.16. The summed E-state index contributed by atoms with van der Waals surface area (Å²) >= 11 is 3.03. The average molecular weight is 298 g/mol. The number of benzene rings is 1. The normalized spacial score (nSPS) is 10.2. The van der Waals surface area contributed by atoms with Crippen LogP contribution >= 0.6 is 15.9 Å². The first kappa shape index (κ1) is 11.8. The van der Waals surface area contributed by atoms with Crippen molar-refractivity contribution in [3.63, 3.8) is 0 Å². The molecule has 0 aliphatic rings. The van der Waals surface area contributed by atoms with E-state index in [0.29, 0.717) is 12.1 Å². The molecule has 1 aromatic carbocycles. The summed E-state index contributed by atoms with van der Waals surface area (Å²) in [5.41, 5.74) is 1.28. The van der Waals surface area contributed by atoms with Crippen molar-refractivity contribution in [3.8, 4) is 0 Å². The summed E-state index contributed by atoms with van der Waals surface area (Å²) in [6.07, 6.45) is 3.32. The van der Waals surface area contributed by atoms with Crippen LogP contribution in [0.15, 0.2) is 35.1 Å². The Hall–Kier alpha value is -1.69. The molecule has 17 heavy (non-hydrogen) atoms. The highest BCUT2D eigenvalue weighted by Gasteiger charge is 2.08. The van der Waals surface area contributed by atoms with Crippen molar-refractivity contribution in [2.45, 2.75) is 6.54 Å². The number of hydrogen-bond acceptors (Lipinski definition) is 2. The molecule has 2 rings (SSSR count). The van der Waals surface area contributed by atoms with Crippen molar-refractivity contribution in [2.24, 2.45) is 0 Å². The van der Waals surface area contributed by atoms with Gasteiger partial charge in [0.15, 0.2) is 0 Å². The second-order valence-electron chi connectivity index (χ2n) is 3.42. The smallest absolute Gasteiger partial charge is 0.251 e. The van der Waals surface area contributed by atoms with E-state index in [0.717, 1.165) is 5.56 Å². The fraction of sp³-hybridized carbons (Fsp3) is 0.0909. The number of hydrogen-bond donors (Lipinski definition) is 2. The molecule has 0 saturated carbocycles. The monoisotopic (exact) mass is 297 g/mol. The molecule has 88 valence electrons. The Morgan fingerprint density at radius 1 is 1.53 bits per heavy atom. The molecule has 1 heterocycles. The van der Waals surface area contributed by atoms with Gasteiger partial charge in [-0.2, -0.15) is 5.10 Å². The van der Waals surface area contributed by atoms with Gasteiger partial charge < -0.3 is 5.32 Å². The molecule has 2 N–H and O–H groups in total. The van der Waals surface area contributed by atoms with Crippen LogP contribution in [0.2, 0.25) is 0 Å². The van der Waals surface area contributed by atoms with Crippen LogP contribution in [0.25, 0.3) is 0 Å². The zero-order valence-corrected chi connectivity index (χ0v) is 10.3. The van der Waals surface area contributed by atoms with E-state index >= 15 is 0 Å². The summed E-state index contributed by atoms with van der Waals surface area (Å²) in [4.78, 5) is 11.7. The van der Waals surface area contributed by atoms with Gasteiger partial charge in [-0.25, -0.2) is 4.39 Å². The fourth-order valence-electron chi connectivity index (χ4n) is 1.30. The average Bonchev–Trinajstić information content (AvgIpc) is 2.82. The lowest BCUT2D eigenvalue weighted by Gasteiger charge is -2.04. The van der Waals surface area contributed by atoms with Crippen molar-refractivity contribution < 1.29 is 9.18 Å². The van der Waals surface area contributed by atoms with Crippen LogP contribution < -0.4 is 5.32 Å². The molecule has 0 atom stereocenters. The molecular formula is C11H9BrFN3O. The van der Waals surface area contributed by atoms with Gasteiger partial charge in [0.1, 0.15) is 5.82 Å². The summed E-state index contributed by atoms with van der Waals surface area (Å²) in [6.45, 7) is 0.379. The summed E-state index contributed by atoms with van der Waals surface area (Å²) < 4.78 is 13.3. The number of nitrogens with one attached hydrogen (secondary N) is 2. The fourth-order valence-corrected chi connectivity index (χ4v) is 1.67. The highest BCUT2D eigenvalue weighted by molar-refractivity contribution is 9.10. The van der Waals surface area contributed by atoms with E-state index in [1.165, 1.54) is 18.2 Å². The first-order valence-electron chi connectivity index (χ1n) is 4.88. The Kier molecular flexibility index (Phi) is 3.53. The van der Waals surface area contributed by atoms with Crippen molar-refractivity contribution in [1.29, 1.82) is 0 Å². The summed E-state index contributed by atoms with van der Waals surface area (Å²) in [7, 11) is 0. The van der Waals surface area contributed by atoms with Crippen LogP contribution in [-0.2, 0) is 6.54 Å². The van der Waals surface area contributed by atoms with Crippen LogP contribution in [0.5, 0.6) is 0 Å². The zero-order chi connectivity index (χ0) is 12.3. The van der Waals surface area contributed by atoms with Gasteiger partial charge in [-0.15, -0.1) is 0 Å². The largest absolute Gasteiger partial charge is 0.348 e. The minimum atomic E-state index is -0.392. The van der Waals surface area contributed by atoms with Gasteiger partial charge in [0.05, 0.1) is 10.7 Å². The SMILES string of the molecule is O=C(NCc1cn[nH]c1)c1ccc(F)c(Br)c1. The maximum atomic E-state index is 13.0. The zero-order valence-electron chi connectivity index (χ0n) is 8.71. The number of carbonyl (C=O) groups is 1. The van der Waals surface area contributed by atoms with E-state index in [1.54, 1.807) is 12.4 Å². The number of carbonyl (C=O) groups excluding carboxylic acids is 1. The number of halogens is 2. The molecule has 0 bridgehead atoms. The van der Waals surface area contributed by atoms with Crippen LogP contribution in [-0.4, -0.2) is 16.1 Å². The van der Waals surface area contributed by atoms with Gasteiger partial charge in [-0.05, 0) is 34.1 Å². The molecule has 1 aromatic heterocycles. The van der Waals surface area contributed by atoms with Gasteiger partial charge in [-0.3, -0.25) is 9.89 Å². The molecule has 0 aliphatic heterocycles. The Morgan fingerprint density at radius 2 is 2.35 bits per heavy atom. The van der Waals surface area contributed by atoms with E-state index in [1.807, 2.05) is 0 Å². The molecule has 6 heteroatoms. The molecule has 2 aromatic rings. The molecule has 0 aliphatic carbocycles. The number of aromatic amines is 1. The Morgan fingerprint density at radius 3 is 3.00 bits per heavy atom. The van der Waals surface area contributed by atoms with Crippen molar-refractivity contribution >= 4 is 21.8 Å². The van der Waals surface area contributed by atoms with Gasteiger partial charge in [0.2, 0.25) is 0 Å². The second-order valence-corrected chi connectivity index (χ2v) is 4.27. The van der Waals surface area contributed by atoms with E-state index < -0.39 is 5.82 Å². The van der Waals surface area contributed by atoms with E-state index in [4.69, 9.17) is 0 Å². The quantitative estimate of drug-likeness (QED) is 0.913. The van der Waals surface area contributed by atoms with Gasteiger partial charge in [-0.1, -0.05) is 0 Å². The van der Waals surface area contributed by atoms with Crippen LogP contribution in [0, 0.1) is 5.82 Å². The third-order valence-corrected chi connectivity index (χ3v) is 2.80.